The molecule has 0 amide bonds. The number of hydrogen-bond acceptors (Lipinski definition) is 4. The Morgan fingerprint density at radius 3 is 1.64 bits per heavy atom. The van der Waals surface area contributed by atoms with Gasteiger partial charge in [-0.25, -0.2) is 9.97 Å². The van der Waals surface area contributed by atoms with Crippen LogP contribution in [-0.2, 0) is 0 Å². The third kappa shape index (κ3) is 4.09. The summed E-state index contributed by atoms with van der Waals surface area (Å²) in [6.07, 6.45) is 0. The van der Waals surface area contributed by atoms with Gasteiger partial charge in [-0.15, -0.1) is 0 Å². The second kappa shape index (κ2) is 10.0. The minimum Gasteiger partial charge on any atom is -0.454 e. The van der Waals surface area contributed by atoms with Crippen molar-refractivity contribution >= 4 is 49.9 Å². The largest absolute Gasteiger partial charge is 0.454 e. The van der Waals surface area contributed by atoms with Crippen LogP contribution in [0.25, 0.3) is 55.5 Å². The summed E-state index contributed by atoms with van der Waals surface area (Å²) >= 11 is 0. The minimum atomic E-state index is 0.676. The van der Waals surface area contributed by atoms with Gasteiger partial charge in [-0.05, 0) is 48.5 Å². The highest BCUT2D eigenvalue weighted by molar-refractivity contribution is 6.16. The second-order valence-corrected chi connectivity index (χ2v) is 10.3. The Morgan fingerprint density at radius 2 is 1.00 bits per heavy atom. The molecular formula is C38H25N3O. The quantitative estimate of drug-likeness (QED) is 0.218. The lowest BCUT2D eigenvalue weighted by atomic mass is 10.0. The highest BCUT2D eigenvalue weighted by atomic mass is 16.3. The van der Waals surface area contributed by atoms with Crippen molar-refractivity contribution in [3.63, 3.8) is 0 Å². The molecule has 0 fully saturated rings. The van der Waals surface area contributed by atoms with Crippen LogP contribution in [0.5, 0.6) is 0 Å². The van der Waals surface area contributed by atoms with E-state index in [4.69, 9.17) is 14.4 Å². The Morgan fingerprint density at radius 1 is 0.452 bits per heavy atom. The molecule has 4 nitrogen and oxygen atoms in total. The van der Waals surface area contributed by atoms with Gasteiger partial charge in [-0.2, -0.15) is 0 Å². The van der Waals surface area contributed by atoms with Crippen LogP contribution in [-0.4, -0.2) is 9.97 Å². The van der Waals surface area contributed by atoms with Crippen molar-refractivity contribution in [2.45, 2.75) is 0 Å². The number of anilines is 3. The summed E-state index contributed by atoms with van der Waals surface area (Å²) in [4.78, 5) is 12.4. The van der Waals surface area contributed by atoms with Crippen molar-refractivity contribution in [2.75, 3.05) is 4.90 Å². The van der Waals surface area contributed by atoms with Crippen LogP contribution in [0.4, 0.5) is 17.1 Å². The molecule has 198 valence electrons. The molecule has 4 heteroatoms. The number of nitrogens with zero attached hydrogens (tertiary/aromatic N) is 3. The van der Waals surface area contributed by atoms with E-state index in [0.29, 0.717) is 5.82 Å². The van der Waals surface area contributed by atoms with Gasteiger partial charge >= 0.3 is 0 Å². The van der Waals surface area contributed by atoms with Crippen molar-refractivity contribution in [2.24, 2.45) is 0 Å². The van der Waals surface area contributed by atoms with Crippen molar-refractivity contribution in [1.82, 2.24) is 9.97 Å². The summed E-state index contributed by atoms with van der Waals surface area (Å²) in [6.45, 7) is 0. The molecule has 0 aliphatic carbocycles. The van der Waals surface area contributed by atoms with Crippen molar-refractivity contribution in [3.8, 4) is 22.6 Å². The summed E-state index contributed by atoms with van der Waals surface area (Å²) < 4.78 is 6.69. The van der Waals surface area contributed by atoms with E-state index in [1.807, 2.05) is 60.7 Å². The van der Waals surface area contributed by atoms with E-state index < -0.39 is 0 Å². The average molecular weight is 540 g/mol. The molecule has 8 aromatic rings. The van der Waals surface area contributed by atoms with Crippen molar-refractivity contribution in [3.05, 3.63) is 152 Å². The highest BCUT2D eigenvalue weighted by Gasteiger charge is 2.19. The zero-order chi connectivity index (χ0) is 27.9. The van der Waals surface area contributed by atoms with E-state index >= 15 is 0 Å². The van der Waals surface area contributed by atoms with Gasteiger partial charge < -0.3 is 9.32 Å². The van der Waals surface area contributed by atoms with Crippen LogP contribution in [0.2, 0.25) is 0 Å². The fraction of sp³-hybridized carbons (Fsp3) is 0. The first-order valence-electron chi connectivity index (χ1n) is 14.0. The molecule has 2 aromatic heterocycles. The van der Waals surface area contributed by atoms with Gasteiger partial charge in [0, 0.05) is 50.4 Å². The van der Waals surface area contributed by atoms with Crippen LogP contribution in [0.15, 0.2) is 156 Å². The van der Waals surface area contributed by atoms with Gasteiger partial charge in [-0.3, -0.25) is 0 Å². The standard InChI is InChI=1S/C38H25N3O/c1-5-13-26(14-6-1)35-33-24-23-32-31-22-21-30(41(28-17-9-3-10-18-28)29-19-11-4-12-20-29)25-34(31)42-37(32)36(33)40-38(39-35)27-15-7-2-8-16-27/h1-25H. The Balaban J connectivity index is 1.37. The first-order chi connectivity index (χ1) is 20.8. The number of benzene rings is 6. The molecule has 42 heavy (non-hydrogen) atoms. The van der Waals surface area contributed by atoms with Crippen molar-refractivity contribution in [1.29, 1.82) is 0 Å². The number of rotatable bonds is 5. The molecule has 0 aliphatic rings. The van der Waals surface area contributed by atoms with Crippen LogP contribution >= 0.6 is 0 Å². The second-order valence-electron chi connectivity index (χ2n) is 10.3. The zero-order valence-corrected chi connectivity index (χ0v) is 22.7. The summed E-state index contributed by atoms with van der Waals surface area (Å²) in [5.41, 5.74) is 8.47. The molecule has 2 heterocycles. The predicted molar refractivity (Wildman–Crippen MR) is 172 cm³/mol. The third-order valence-electron chi connectivity index (χ3n) is 7.66. The molecule has 0 aliphatic heterocycles. The monoisotopic (exact) mass is 539 g/mol. The lowest BCUT2D eigenvalue weighted by Gasteiger charge is -2.25. The van der Waals surface area contributed by atoms with Crippen LogP contribution in [0, 0.1) is 0 Å². The maximum absolute atomic E-state index is 6.69. The average Bonchev–Trinajstić information content (AvgIpc) is 3.45. The summed E-state index contributed by atoms with van der Waals surface area (Å²) in [5.74, 6) is 0.676. The lowest BCUT2D eigenvalue weighted by molar-refractivity contribution is 0.671. The van der Waals surface area contributed by atoms with E-state index in [2.05, 4.69) is 95.9 Å². The molecule has 0 N–H and O–H groups in total. The SMILES string of the molecule is c1ccc(-c2nc(-c3ccccc3)c3ccc4c5ccc(N(c6ccccc6)c6ccccc6)cc5oc4c3n2)cc1. The fourth-order valence-electron chi connectivity index (χ4n) is 5.69. The predicted octanol–water partition coefficient (Wildman–Crippen LogP) is 10.3. The van der Waals surface area contributed by atoms with Gasteiger partial charge in [0.1, 0.15) is 11.1 Å². The number of para-hydroxylation sites is 2. The number of aromatic nitrogens is 2. The third-order valence-corrected chi connectivity index (χ3v) is 7.66. The van der Waals surface area contributed by atoms with E-state index in [1.54, 1.807) is 0 Å². The minimum absolute atomic E-state index is 0.676. The van der Waals surface area contributed by atoms with Crippen LogP contribution in [0.3, 0.4) is 0 Å². The Kier molecular flexibility index (Phi) is 5.75. The molecule has 0 unspecified atom stereocenters. The molecule has 0 bridgehead atoms. The number of fused-ring (bicyclic) bond motifs is 5. The van der Waals surface area contributed by atoms with Gasteiger partial charge in [0.15, 0.2) is 11.4 Å². The summed E-state index contributed by atoms with van der Waals surface area (Å²) in [7, 11) is 0. The number of furan rings is 1. The van der Waals surface area contributed by atoms with Crippen molar-refractivity contribution < 1.29 is 4.42 Å². The Bertz CT molecular complexity index is 2140. The first kappa shape index (κ1) is 24.1. The lowest BCUT2D eigenvalue weighted by Crippen LogP contribution is -2.09. The summed E-state index contributed by atoms with van der Waals surface area (Å²) in [6, 6.07) is 51.9. The van der Waals surface area contributed by atoms with E-state index in [9.17, 15) is 0 Å². The molecule has 0 atom stereocenters. The van der Waals surface area contributed by atoms with Gasteiger partial charge in [0.25, 0.3) is 0 Å². The molecule has 6 aromatic carbocycles. The molecule has 0 spiro atoms. The van der Waals surface area contributed by atoms with Gasteiger partial charge in [-0.1, -0.05) is 97.1 Å². The molecular weight excluding hydrogens is 514 g/mol. The molecule has 0 saturated carbocycles. The topological polar surface area (TPSA) is 42.2 Å². The normalized spacial score (nSPS) is 11.3. The number of hydrogen-bond donors (Lipinski definition) is 0. The van der Waals surface area contributed by atoms with E-state index in [1.165, 1.54) is 0 Å². The Hall–Kier alpha value is -5.74. The smallest absolute Gasteiger partial charge is 0.161 e. The Labute approximate surface area is 243 Å². The molecule has 8 rings (SSSR count). The maximum Gasteiger partial charge on any atom is 0.161 e. The highest BCUT2D eigenvalue weighted by Crippen LogP contribution is 2.41. The first-order valence-corrected chi connectivity index (χ1v) is 14.0. The van der Waals surface area contributed by atoms with Gasteiger partial charge in [0.05, 0.1) is 5.69 Å². The van der Waals surface area contributed by atoms with E-state index in [-0.39, 0.29) is 0 Å². The van der Waals surface area contributed by atoms with Gasteiger partial charge in [0.2, 0.25) is 0 Å². The zero-order valence-electron chi connectivity index (χ0n) is 22.7. The fourth-order valence-corrected chi connectivity index (χ4v) is 5.69. The van der Waals surface area contributed by atoms with Crippen LogP contribution in [0.1, 0.15) is 0 Å². The molecule has 0 saturated heterocycles. The van der Waals surface area contributed by atoms with Crippen LogP contribution < -0.4 is 4.90 Å². The van der Waals surface area contributed by atoms with E-state index in [0.717, 1.165) is 66.7 Å². The molecule has 0 radical (unpaired) electrons. The maximum atomic E-state index is 6.69. The summed E-state index contributed by atoms with van der Waals surface area (Å²) in [5, 5.41) is 3.05.